The number of rotatable bonds is 7. The Balaban J connectivity index is 1.27. The van der Waals surface area contributed by atoms with Crippen molar-refractivity contribution in [3.8, 4) is 11.1 Å². The molecule has 0 aliphatic carbocycles. The molecule has 0 unspecified atom stereocenters. The highest BCUT2D eigenvalue weighted by molar-refractivity contribution is 5.94. The molecule has 1 N–H and O–H groups in total. The predicted octanol–water partition coefficient (Wildman–Crippen LogP) is 3.99. The number of carbonyl (C=O) groups is 2. The first-order chi connectivity index (χ1) is 14.7. The maximum Gasteiger partial charge on any atom is 0.374 e. The highest BCUT2D eigenvalue weighted by Gasteiger charge is 2.15. The zero-order valence-electron chi connectivity index (χ0n) is 16.0. The molecule has 4 aromatic rings. The van der Waals surface area contributed by atoms with Gasteiger partial charge in [0.2, 0.25) is 5.76 Å². The summed E-state index contributed by atoms with van der Waals surface area (Å²) in [7, 11) is 0. The summed E-state index contributed by atoms with van der Waals surface area (Å²) >= 11 is 0. The van der Waals surface area contributed by atoms with Crippen LogP contribution in [0.1, 0.15) is 16.3 Å². The van der Waals surface area contributed by atoms with Gasteiger partial charge in [-0.1, -0.05) is 42.5 Å². The van der Waals surface area contributed by atoms with Crippen LogP contribution in [0.2, 0.25) is 0 Å². The molecule has 7 heteroatoms. The molecule has 0 saturated carbocycles. The van der Waals surface area contributed by atoms with Gasteiger partial charge in [-0.25, -0.2) is 4.79 Å². The number of esters is 1. The maximum atomic E-state index is 12.1. The Labute approximate surface area is 172 Å². The summed E-state index contributed by atoms with van der Waals surface area (Å²) in [5.41, 5.74) is 2.76. The molecule has 7 nitrogen and oxygen atoms in total. The van der Waals surface area contributed by atoms with Crippen molar-refractivity contribution in [1.82, 2.24) is 9.78 Å². The SMILES string of the molecule is O=C(COC(=O)c1ccc(Cn2cccn2)o1)Nc1ccc(-c2ccccc2)cc1. The minimum Gasteiger partial charge on any atom is -0.452 e. The maximum absolute atomic E-state index is 12.1. The summed E-state index contributed by atoms with van der Waals surface area (Å²) in [4.78, 5) is 24.2. The van der Waals surface area contributed by atoms with Gasteiger partial charge in [0, 0.05) is 18.1 Å². The first kappa shape index (κ1) is 19.2. The monoisotopic (exact) mass is 401 g/mol. The molecule has 4 rings (SSSR count). The zero-order valence-corrected chi connectivity index (χ0v) is 16.0. The number of benzene rings is 2. The highest BCUT2D eigenvalue weighted by Crippen LogP contribution is 2.21. The molecule has 0 fully saturated rings. The fourth-order valence-corrected chi connectivity index (χ4v) is 2.90. The van der Waals surface area contributed by atoms with Crippen molar-refractivity contribution in [2.75, 3.05) is 11.9 Å². The normalized spacial score (nSPS) is 10.5. The van der Waals surface area contributed by atoms with Gasteiger partial charge in [-0.05, 0) is 41.5 Å². The first-order valence-corrected chi connectivity index (χ1v) is 9.36. The number of carbonyl (C=O) groups excluding carboxylic acids is 2. The number of hydrogen-bond donors (Lipinski definition) is 1. The summed E-state index contributed by atoms with van der Waals surface area (Å²) in [6.07, 6.45) is 3.45. The largest absolute Gasteiger partial charge is 0.452 e. The Morgan fingerprint density at radius 1 is 0.933 bits per heavy atom. The van der Waals surface area contributed by atoms with E-state index in [0.29, 0.717) is 18.0 Å². The average Bonchev–Trinajstić information content (AvgIpc) is 3.46. The van der Waals surface area contributed by atoms with Gasteiger partial charge in [0.15, 0.2) is 6.61 Å². The van der Waals surface area contributed by atoms with Crippen LogP contribution in [-0.2, 0) is 16.1 Å². The number of furan rings is 1. The van der Waals surface area contributed by atoms with Crippen molar-refractivity contribution >= 4 is 17.6 Å². The van der Waals surface area contributed by atoms with Crippen LogP contribution in [-0.4, -0.2) is 28.3 Å². The van der Waals surface area contributed by atoms with Gasteiger partial charge in [0.1, 0.15) is 5.76 Å². The van der Waals surface area contributed by atoms with Crippen LogP contribution in [0.3, 0.4) is 0 Å². The summed E-state index contributed by atoms with van der Waals surface area (Å²) in [5.74, 6) is -0.527. The number of hydrogen-bond acceptors (Lipinski definition) is 5. The van der Waals surface area contributed by atoms with Crippen LogP contribution in [0.15, 0.2) is 89.6 Å². The molecule has 0 spiro atoms. The number of nitrogens with one attached hydrogen (secondary N) is 1. The molecular formula is C23H19N3O4. The lowest BCUT2D eigenvalue weighted by Gasteiger charge is -2.07. The van der Waals surface area contributed by atoms with E-state index in [9.17, 15) is 9.59 Å². The molecule has 150 valence electrons. The Kier molecular flexibility index (Phi) is 5.70. The Morgan fingerprint density at radius 2 is 1.70 bits per heavy atom. The van der Waals surface area contributed by atoms with Gasteiger partial charge in [-0.2, -0.15) is 5.10 Å². The van der Waals surface area contributed by atoms with E-state index in [1.54, 1.807) is 41.3 Å². The second-order valence-electron chi connectivity index (χ2n) is 6.54. The zero-order chi connectivity index (χ0) is 20.8. The van der Waals surface area contributed by atoms with Crippen molar-refractivity contribution in [2.24, 2.45) is 0 Å². The van der Waals surface area contributed by atoms with Crippen molar-refractivity contribution in [2.45, 2.75) is 6.54 Å². The van der Waals surface area contributed by atoms with Gasteiger partial charge in [0.25, 0.3) is 5.91 Å². The molecule has 1 amide bonds. The molecule has 2 aromatic carbocycles. The fourth-order valence-electron chi connectivity index (χ4n) is 2.90. The lowest BCUT2D eigenvalue weighted by molar-refractivity contribution is -0.119. The Bertz CT molecular complexity index is 1120. The van der Waals surface area contributed by atoms with E-state index in [0.717, 1.165) is 11.1 Å². The summed E-state index contributed by atoms with van der Waals surface area (Å²) < 4.78 is 12.2. The van der Waals surface area contributed by atoms with Crippen LogP contribution >= 0.6 is 0 Å². The van der Waals surface area contributed by atoms with E-state index in [2.05, 4.69) is 10.4 Å². The second-order valence-corrected chi connectivity index (χ2v) is 6.54. The molecule has 0 atom stereocenters. The van der Waals surface area contributed by atoms with E-state index in [4.69, 9.17) is 9.15 Å². The van der Waals surface area contributed by atoms with E-state index in [-0.39, 0.29) is 5.76 Å². The molecule has 0 radical (unpaired) electrons. The van der Waals surface area contributed by atoms with Crippen molar-refractivity contribution in [3.63, 3.8) is 0 Å². The molecule has 2 heterocycles. The number of amides is 1. The van der Waals surface area contributed by atoms with E-state index >= 15 is 0 Å². The molecule has 0 saturated heterocycles. The quantitative estimate of drug-likeness (QED) is 0.473. The molecule has 0 aliphatic rings. The number of nitrogens with zero attached hydrogens (tertiary/aromatic N) is 2. The van der Waals surface area contributed by atoms with E-state index < -0.39 is 18.5 Å². The average molecular weight is 401 g/mol. The fraction of sp³-hybridized carbons (Fsp3) is 0.0870. The molecular weight excluding hydrogens is 382 g/mol. The number of anilines is 1. The van der Waals surface area contributed by atoms with Crippen molar-refractivity contribution in [1.29, 1.82) is 0 Å². The van der Waals surface area contributed by atoms with Crippen LogP contribution in [0, 0.1) is 0 Å². The third-order valence-electron chi connectivity index (χ3n) is 4.35. The summed E-state index contributed by atoms with van der Waals surface area (Å²) in [5, 5.41) is 6.78. The minimum atomic E-state index is -0.698. The summed E-state index contributed by atoms with van der Waals surface area (Å²) in [6.45, 7) is -0.00575. The lowest BCUT2D eigenvalue weighted by atomic mass is 10.1. The van der Waals surface area contributed by atoms with Crippen LogP contribution in [0.5, 0.6) is 0 Å². The van der Waals surface area contributed by atoms with Gasteiger partial charge in [0.05, 0.1) is 6.54 Å². The number of aromatic nitrogens is 2. The van der Waals surface area contributed by atoms with Gasteiger partial charge in [-0.15, -0.1) is 0 Å². The molecule has 30 heavy (non-hydrogen) atoms. The van der Waals surface area contributed by atoms with Crippen molar-refractivity contribution in [3.05, 3.63) is 96.7 Å². The van der Waals surface area contributed by atoms with Crippen LogP contribution in [0.4, 0.5) is 5.69 Å². The smallest absolute Gasteiger partial charge is 0.374 e. The molecule has 0 aliphatic heterocycles. The van der Waals surface area contributed by atoms with Gasteiger partial charge >= 0.3 is 5.97 Å². The topological polar surface area (TPSA) is 86.4 Å². The standard InChI is InChI=1S/C23H19N3O4/c27-22(25-19-9-7-18(8-10-19)17-5-2-1-3-6-17)16-29-23(28)21-12-11-20(30-21)15-26-14-4-13-24-26/h1-14H,15-16H2,(H,25,27). The van der Waals surface area contributed by atoms with E-state index in [1.165, 1.54) is 6.07 Å². The second kappa shape index (κ2) is 8.91. The Hall–Kier alpha value is -4.13. The third kappa shape index (κ3) is 4.82. The number of ether oxygens (including phenoxy) is 1. The predicted molar refractivity (Wildman–Crippen MR) is 111 cm³/mol. The van der Waals surface area contributed by atoms with Gasteiger partial charge < -0.3 is 14.5 Å². The molecule has 2 aromatic heterocycles. The van der Waals surface area contributed by atoms with E-state index in [1.807, 2.05) is 42.5 Å². The van der Waals surface area contributed by atoms with Crippen LogP contribution in [0.25, 0.3) is 11.1 Å². The Morgan fingerprint density at radius 3 is 2.43 bits per heavy atom. The lowest BCUT2D eigenvalue weighted by Crippen LogP contribution is -2.20. The highest BCUT2D eigenvalue weighted by atomic mass is 16.5. The molecule has 0 bridgehead atoms. The summed E-state index contributed by atoms with van der Waals surface area (Å²) in [6, 6.07) is 22.4. The minimum absolute atomic E-state index is 0.0390. The van der Waals surface area contributed by atoms with Crippen molar-refractivity contribution < 1.29 is 18.7 Å². The first-order valence-electron chi connectivity index (χ1n) is 9.36. The van der Waals surface area contributed by atoms with Crippen LogP contribution < -0.4 is 5.32 Å². The van der Waals surface area contributed by atoms with Gasteiger partial charge in [-0.3, -0.25) is 9.48 Å². The third-order valence-corrected chi connectivity index (χ3v) is 4.35.